The fourth-order valence-corrected chi connectivity index (χ4v) is 3.47. The number of methoxy groups -OCH3 is 2. The van der Waals surface area contributed by atoms with Crippen LogP contribution in [0.25, 0.3) is 0 Å². The number of hydrogen-bond donors (Lipinski definition) is 3. The van der Waals surface area contributed by atoms with Crippen LogP contribution < -0.4 is 30.2 Å². The average Bonchev–Trinajstić information content (AvgIpc) is 3.74. The van der Waals surface area contributed by atoms with Gasteiger partial charge in [-0.05, 0) is 37.1 Å². The van der Waals surface area contributed by atoms with Gasteiger partial charge in [0.2, 0.25) is 5.91 Å². The molecule has 9 nitrogen and oxygen atoms in total. The summed E-state index contributed by atoms with van der Waals surface area (Å²) in [5, 5.41) is 8.38. The van der Waals surface area contributed by atoms with Crippen LogP contribution >= 0.6 is 0 Å². The fraction of sp³-hybridized carbons (Fsp3) is 0.222. The Bertz CT molecular complexity index is 1260. The highest BCUT2D eigenvalue weighted by atomic mass is 16.5. The first-order chi connectivity index (χ1) is 17.5. The lowest BCUT2D eigenvalue weighted by atomic mass is 10.2. The fourth-order valence-electron chi connectivity index (χ4n) is 3.47. The highest BCUT2D eigenvalue weighted by Gasteiger charge is 2.29. The second-order valence-corrected chi connectivity index (χ2v) is 8.20. The number of ether oxygens (including phenoxy) is 3. The van der Waals surface area contributed by atoms with E-state index in [0.717, 1.165) is 12.8 Å². The molecular weight excluding hydrogens is 462 g/mol. The second kappa shape index (κ2) is 11.3. The van der Waals surface area contributed by atoms with Crippen molar-refractivity contribution in [2.45, 2.75) is 12.8 Å². The molecule has 186 valence electrons. The zero-order valence-corrected chi connectivity index (χ0v) is 20.0. The molecule has 4 rings (SSSR count). The maximum atomic E-state index is 12.6. The van der Waals surface area contributed by atoms with Gasteiger partial charge in [-0.2, -0.15) is 0 Å². The Hall–Kier alpha value is -4.53. The van der Waals surface area contributed by atoms with E-state index < -0.39 is 5.91 Å². The summed E-state index contributed by atoms with van der Waals surface area (Å²) < 4.78 is 16.4. The van der Waals surface area contributed by atoms with Gasteiger partial charge in [-0.1, -0.05) is 24.3 Å². The zero-order chi connectivity index (χ0) is 25.5. The van der Waals surface area contributed by atoms with Crippen LogP contribution in [0.15, 0.2) is 66.7 Å². The summed E-state index contributed by atoms with van der Waals surface area (Å²) in [7, 11) is 2.92. The molecule has 1 fully saturated rings. The van der Waals surface area contributed by atoms with Gasteiger partial charge in [-0.25, -0.2) is 0 Å². The maximum Gasteiger partial charge on any atom is 0.262 e. The van der Waals surface area contributed by atoms with Gasteiger partial charge in [0, 0.05) is 35.4 Å². The quantitative estimate of drug-likeness (QED) is 0.391. The molecule has 0 unspecified atom stereocenters. The maximum absolute atomic E-state index is 12.6. The number of benzene rings is 3. The zero-order valence-electron chi connectivity index (χ0n) is 20.0. The molecule has 0 spiro atoms. The predicted octanol–water partition coefficient (Wildman–Crippen LogP) is 4.32. The topological polar surface area (TPSA) is 115 Å². The van der Waals surface area contributed by atoms with Crippen LogP contribution in [0, 0.1) is 5.92 Å². The van der Waals surface area contributed by atoms with Crippen LogP contribution in [0.1, 0.15) is 23.2 Å². The molecule has 9 heteroatoms. The molecule has 36 heavy (non-hydrogen) atoms. The Morgan fingerprint density at radius 1 is 0.806 bits per heavy atom. The molecule has 0 atom stereocenters. The van der Waals surface area contributed by atoms with Crippen LogP contribution in [-0.4, -0.2) is 38.5 Å². The number of nitrogens with one attached hydrogen (secondary N) is 3. The van der Waals surface area contributed by atoms with E-state index in [1.165, 1.54) is 14.2 Å². The van der Waals surface area contributed by atoms with Gasteiger partial charge in [0.25, 0.3) is 11.8 Å². The molecule has 0 radical (unpaired) electrons. The van der Waals surface area contributed by atoms with Gasteiger partial charge in [-0.3, -0.25) is 14.4 Å². The molecule has 0 aromatic heterocycles. The van der Waals surface area contributed by atoms with Crippen molar-refractivity contribution >= 4 is 34.8 Å². The van der Waals surface area contributed by atoms with Crippen molar-refractivity contribution in [2.75, 3.05) is 36.8 Å². The van der Waals surface area contributed by atoms with Gasteiger partial charge in [0.1, 0.15) is 17.2 Å². The van der Waals surface area contributed by atoms with Crippen molar-refractivity contribution in [3.8, 4) is 17.2 Å². The number of rotatable bonds is 10. The number of carbonyl (C=O) groups excluding carboxylic acids is 3. The first-order valence-corrected chi connectivity index (χ1v) is 11.4. The van der Waals surface area contributed by atoms with Crippen molar-refractivity contribution in [3.63, 3.8) is 0 Å². The minimum atomic E-state index is -0.427. The summed E-state index contributed by atoms with van der Waals surface area (Å²) in [6.45, 7) is -0.266. The first-order valence-electron chi connectivity index (χ1n) is 11.4. The molecule has 3 aromatic rings. The standard InChI is InChI=1S/C27H27N3O6/c1-34-23-15-22(30-27(33)17-7-4-3-5-8-17)24(35-2)14-21(23)29-25(31)16-36-20-10-6-9-19(13-20)28-26(32)18-11-12-18/h3-10,13-15,18H,11-12,16H2,1-2H3,(H,28,32)(H,29,31)(H,30,33). The highest BCUT2D eigenvalue weighted by Crippen LogP contribution is 2.37. The Labute approximate surface area is 208 Å². The van der Waals surface area contributed by atoms with Gasteiger partial charge < -0.3 is 30.2 Å². The molecule has 0 aliphatic heterocycles. The van der Waals surface area contributed by atoms with Crippen LogP contribution in [0.4, 0.5) is 17.1 Å². The first kappa shape index (κ1) is 24.6. The molecule has 1 saturated carbocycles. The molecule has 0 heterocycles. The van der Waals surface area contributed by atoms with Crippen LogP contribution in [-0.2, 0) is 9.59 Å². The number of hydrogen-bond acceptors (Lipinski definition) is 6. The second-order valence-electron chi connectivity index (χ2n) is 8.20. The minimum Gasteiger partial charge on any atom is -0.494 e. The SMILES string of the molecule is COc1cc(NC(=O)c2ccccc2)c(OC)cc1NC(=O)COc1cccc(NC(=O)C2CC2)c1. The van der Waals surface area contributed by atoms with E-state index in [0.29, 0.717) is 39.9 Å². The van der Waals surface area contributed by atoms with E-state index in [2.05, 4.69) is 16.0 Å². The normalized spacial score (nSPS) is 12.3. The molecule has 3 N–H and O–H groups in total. The van der Waals surface area contributed by atoms with E-state index in [1.54, 1.807) is 60.7 Å². The van der Waals surface area contributed by atoms with Crippen molar-refractivity contribution in [1.29, 1.82) is 0 Å². The minimum absolute atomic E-state index is 0.00524. The van der Waals surface area contributed by atoms with Crippen LogP contribution in [0.2, 0.25) is 0 Å². The van der Waals surface area contributed by atoms with Crippen molar-refractivity contribution < 1.29 is 28.6 Å². The van der Waals surface area contributed by atoms with E-state index in [1.807, 2.05) is 6.07 Å². The van der Waals surface area contributed by atoms with Gasteiger partial charge >= 0.3 is 0 Å². The number of amides is 3. The summed E-state index contributed by atoms with van der Waals surface area (Å²) in [6, 6.07) is 18.8. The number of carbonyl (C=O) groups is 3. The Balaban J connectivity index is 1.40. The smallest absolute Gasteiger partial charge is 0.262 e. The van der Waals surface area contributed by atoms with E-state index in [-0.39, 0.29) is 24.3 Å². The lowest BCUT2D eigenvalue weighted by molar-refractivity contribution is -0.118. The molecule has 0 saturated heterocycles. The van der Waals surface area contributed by atoms with Crippen molar-refractivity contribution in [1.82, 2.24) is 0 Å². The summed E-state index contributed by atoms with van der Waals surface area (Å²) in [5.74, 6) is 0.468. The Kier molecular flexibility index (Phi) is 7.69. The molecule has 3 aromatic carbocycles. The lowest BCUT2D eigenvalue weighted by Gasteiger charge is -2.16. The average molecular weight is 490 g/mol. The third kappa shape index (κ3) is 6.32. The number of anilines is 3. The molecular formula is C27H27N3O6. The van der Waals surface area contributed by atoms with E-state index in [4.69, 9.17) is 14.2 Å². The third-order valence-corrected chi connectivity index (χ3v) is 5.50. The van der Waals surface area contributed by atoms with Crippen LogP contribution in [0.3, 0.4) is 0 Å². The van der Waals surface area contributed by atoms with Gasteiger partial charge in [0.15, 0.2) is 6.61 Å². The summed E-state index contributed by atoms with van der Waals surface area (Å²) in [6.07, 6.45) is 1.83. The summed E-state index contributed by atoms with van der Waals surface area (Å²) >= 11 is 0. The van der Waals surface area contributed by atoms with E-state index >= 15 is 0 Å². The third-order valence-electron chi connectivity index (χ3n) is 5.50. The van der Waals surface area contributed by atoms with Gasteiger partial charge in [0.05, 0.1) is 25.6 Å². The largest absolute Gasteiger partial charge is 0.494 e. The Morgan fingerprint density at radius 2 is 1.47 bits per heavy atom. The van der Waals surface area contributed by atoms with Crippen molar-refractivity contribution in [2.24, 2.45) is 5.92 Å². The molecule has 1 aliphatic rings. The molecule has 3 amide bonds. The monoisotopic (exact) mass is 489 g/mol. The van der Waals surface area contributed by atoms with E-state index in [9.17, 15) is 14.4 Å². The lowest BCUT2D eigenvalue weighted by Crippen LogP contribution is -2.21. The van der Waals surface area contributed by atoms with Gasteiger partial charge in [-0.15, -0.1) is 0 Å². The van der Waals surface area contributed by atoms with Crippen molar-refractivity contribution in [3.05, 3.63) is 72.3 Å². The molecule has 1 aliphatic carbocycles. The Morgan fingerprint density at radius 3 is 2.11 bits per heavy atom. The molecule has 0 bridgehead atoms. The highest BCUT2D eigenvalue weighted by molar-refractivity contribution is 6.05. The predicted molar refractivity (Wildman–Crippen MR) is 136 cm³/mol. The van der Waals surface area contributed by atoms with Crippen LogP contribution in [0.5, 0.6) is 17.2 Å². The summed E-state index contributed by atoms with van der Waals surface area (Å²) in [4.78, 5) is 37.1. The summed E-state index contributed by atoms with van der Waals surface area (Å²) in [5.41, 5.74) is 1.85.